The Bertz CT molecular complexity index is 543. The van der Waals surface area contributed by atoms with Crippen LogP contribution >= 0.6 is 0 Å². The minimum absolute atomic E-state index is 0.0396. The van der Waals surface area contributed by atoms with Crippen LogP contribution in [-0.4, -0.2) is 30.1 Å². The van der Waals surface area contributed by atoms with E-state index in [0.717, 1.165) is 6.07 Å². The van der Waals surface area contributed by atoms with Gasteiger partial charge in [0.05, 0.1) is 16.7 Å². The largest absolute Gasteiger partial charge is 0.416 e. The zero-order chi connectivity index (χ0) is 16.8. The smallest absolute Gasteiger partial charge is 0.385 e. The van der Waals surface area contributed by atoms with E-state index in [1.54, 1.807) is 7.05 Å². The van der Waals surface area contributed by atoms with Gasteiger partial charge < -0.3 is 10.0 Å². The zero-order valence-corrected chi connectivity index (χ0v) is 11.7. The Hall–Kier alpha value is -1.28. The van der Waals surface area contributed by atoms with Crippen LogP contribution in [0.3, 0.4) is 0 Å². The molecular formula is C14H15F6NO. The lowest BCUT2D eigenvalue weighted by Gasteiger charge is -2.38. The SMILES string of the molecule is CN1CCC(O)(c2ccc(C(F)(F)F)cc2C(F)(F)F)CC1. The van der Waals surface area contributed by atoms with Gasteiger partial charge in [-0.15, -0.1) is 0 Å². The van der Waals surface area contributed by atoms with Crippen molar-refractivity contribution in [3.8, 4) is 0 Å². The third kappa shape index (κ3) is 3.38. The lowest BCUT2D eigenvalue weighted by atomic mass is 9.81. The molecule has 1 fully saturated rings. The molecule has 0 atom stereocenters. The van der Waals surface area contributed by atoms with Crippen LogP contribution in [0.15, 0.2) is 18.2 Å². The molecule has 2 nitrogen and oxygen atoms in total. The number of rotatable bonds is 1. The van der Waals surface area contributed by atoms with E-state index in [4.69, 9.17) is 0 Å². The van der Waals surface area contributed by atoms with E-state index in [1.807, 2.05) is 4.90 Å². The Kier molecular flexibility index (Phi) is 4.20. The van der Waals surface area contributed by atoms with Crippen molar-refractivity contribution in [1.82, 2.24) is 4.90 Å². The molecule has 0 saturated carbocycles. The number of hydrogen-bond donors (Lipinski definition) is 1. The van der Waals surface area contributed by atoms with Crippen molar-refractivity contribution < 1.29 is 31.4 Å². The van der Waals surface area contributed by atoms with Gasteiger partial charge in [0, 0.05) is 13.1 Å². The second-order valence-electron chi connectivity index (χ2n) is 5.59. The van der Waals surface area contributed by atoms with Crippen molar-refractivity contribution >= 4 is 0 Å². The van der Waals surface area contributed by atoms with Crippen LogP contribution in [0.25, 0.3) is 0 Å². The van der Waals surface area contributed by atoms with Gasteiger partial charge >= 0.3 is 12.4 Å². The second-order valence-corrected chi connectivity index (χ2v) is 5.59. The maximum Gasteiger partial charge on any atom is 0.416 e. The normalized spacial score (nSPS) is 20.2. The molecule has 8 heteroatoms. The summed E-state index contributed by atoms with van der Waals surface area (Å²) in [5.41, 5.74) is -5.04. The van der Waals surface area contributed by atoms with Crippen molar-refractivity contribution in [3.05, 3.63) is 34.9 Å². The van der Waals surface area contributed by atoms with E-state index in [2.05, 4.69) is 0 Å². The summed E-state index contributed by atoms with van der Waals surface area (Å²) in [6.07, 6.45) is -9.75. The first-order valence-corrected chi connectivity index (χ1v) is 6.63. The first-order valence-electron chi connectivity index (χ1n) is 6.63. The quantitative estimate of drug-likeness (QED) is 0.796. The van der Waals surface area contributed by atoms with Crippen LogP contribution < -0.4 is 0 Å². The molecule has 1 aliphatic heterocycles. The summed E-state index contributed by atoms with van der Waals surface area (Å²) in [4.78, 5) is 1.84. The van der Waals surface area contributed by atoms with Gasteiger partial charge in [0.1, 0.15) is 0 Å². The summed E-state index contributed by atoms with van der Waals surface area (Å²) < 4.78 is 77.3. The van der Waals surface area contributed by atoms with Gasteiger partial charge in [-0.2, -0.15) is 26.3 Å². The number of aliphatic hydroxyl groups is 1. The number of benzene rings is 1. The predicted octanol–water partition coefficient (Wildman–Crippen LogP) is 3.64. The monoisotopic (exact) mass is 327 g/mol. The van der Waals surface area contributed by atoms with E-state index < -0.39 is 34.6 Å². The highest BCUT2D eigenvalue weighted by atomic mass is 19.4. The highest BCUT2D eigenvalue weighted by Crippen LogP contribution is 2.43. The molecule has 1 heterocycles. The Labute approximate surface area is 123 Å². The van der Waals surface area contributed by atoms with Crippen LogP contribution in [0, 0.1) is 0 Å². The summed E-state index contributed by atoms with van der Waals surface area (Å²) in [6.45, 7) is 0.740. The topological polar surface area (TPSA) is 23.5 Å². The molecule has 0 aromatic heterocycles. The van der Waals surface area contributed by atoms with Gasteiger partial charge in [-0.05, 0) is 37.6 Å². The predicted molar refractivity (Wildman–Crippen MR) is 67.1 cm³/mol. The Morgan fingerprint density at radius 3 is 2.00 bits per heavy atom. The maximum absolute atomic E-state index is 13.1. The molecule has 2 rings (SSSR count). The number of hydrogen-bond acceptors (Lipinski definition) is 2. The number of alkyl halides is 6. The first kappa shape index (κ1) is 17.1. The molecule has 1 saturated heterocycles. The Morgan fingerprint density at radius 2 is 1.55 bits per heavy atom. The highest BCUT2D eigenvalue weighted by molar-refractivity contribution is 5.39. The maximum atomic E-state index is 13.1. The summed E-state index contributed by atoms with van der Waals surface area (Å²) in [5, 5.41) is 10.5. The molecule has 22 heavy (non-hydrogen) atoms. The summed E-state index contributed by atoms with van der Waals surface area (Å²) in [6, 6.07) is 1.41. The number of halogens is 6. The van der Waals surface area contributed by atoms with Crippen molar-refractivity contribution in [2.45, 2.75) is 30.8 Å². The fraction of sp³-hybridized carbons (Fsp3) is 0.571. The van der Waals surface area contributed by atoms with Gasteiger partial charge in [-0.1, -0.05) is 6.07 Å². The number of piperidine rings is 1. The molecule has 1 aromatic rings. The number of likely N-dealkylation sites (tertiary alicyclic amines) is 1. The van der Waals surface area contributed by atoms with Crippen molar-refractivity contribution in [2.75, 3.05) is 20.1 Å². The molecule has 0 radical (unpaired) electrons. The van der Waals surface area contributed by atoms with Crippen LogP contribution in [0.2, 0.25) is 0 Å². The molecule has 1 aliphatic rings. The van der Waals surface area contributed by atoms with Crippen LogP contribution in [0.4, 0.5) is 26.3 Å². The molecule has 0 amide bonds. The van der Waals surface area contributed by atoms with E-state index in [-0.39, 0.29) is 18.9 Å². The fourth-order valence-corrected chi connectivity index (χ4v) is 2.62. The average Bonchev–Trinajstić information content (AvgIpc) is 2.40. The lowest BCUT2D eigenvalue weighted by molar-refractivity contribution is -0.146. The minimum atomic E-state index is -4.96. The van der Waals surface area contributed by atoms with E-state index >= 15 is 0 Å². The Balaban J connectivity index is 2.52. The van der Waals surface area contributed by atoms with Crippen LogP contribution in [-0.2, 0) is 18.0 Å². The molecule has 1 N–H and O–H groups in total. The van der Waals surface area contributed by atoms with Gasteiger partial charge in [0.2, 0.25) is 0 Å². The molecule has 124 valence electrons. The van der Waals surface area contributed by atoms with Gasteiger partial charge in [-0.25, -0.2) is 0 Å². The third-order valence-corrected chi connectivity index (χ3v) is 3.97. The van der Waals surface area contributed by atoms with Crippen molar-refractivity contribution in [1.29, 1.82) is 0 Å². The van der Waals surface area contributed by atoms with Crippen molar-refractivity contribution in [2.24, 2.45) is 0 Å². The molecule has 0 spiro atoms. The summed E-state index contributed by atoms with van der Waals surface area (Å²) >= 11 is 0. The standard InChI is InChI=1S/C14H15F6NO/c1-21-6-4-12(22,5-7-21)10-3-2-9(13(15,16)17)8-11(10)14(18,19)20/h2-3,8,22H,4-7H2,1H3. The van der Waals surface area contributed by atoms with Gasteiger partial charge in [-0.3, -0.25) is 0 Å². The second kappa shape index (κ2) is 5.42. The van der Waals surface area contributed by atoms with Crippen LogP contribution in [0.5, 0.6) is 0 Å². The molecule has 1 aromatic carbocycles. The highest BCUT2D eigenvalue weighted by Gasteiger charge is 2.44. The van der Waals surface area contributed by atoms with E-state index in [0.29, 0.717) is 19.2 Å². The average molecular weight is 327 g/mol. The first-order chi connectivity index (χ1) is 9.93. The zero-order valence-electron chi connectivity index (χ0n) is 11.7. The lowest BCUT2D eigenvalue weighted by Crippen LogP contribution is -2.41. The molecular weight excluding hydrogens is 312 g/mol. The van der Waals surface area contributed by atoms with Gasteiger partial charge in [0.15, 0.2) is 0 Å². The van der Waals surface area contributed by atoms with Gasteiger partial charge in [0.25, 0.3) is 0 Å². The molecule has 0 unspecified atom stereocenters. The summed E-state index contributed by atoms with van der Waals surface area (Å²) in [7, 11) is 1.76. The Morgan fingerprint density at radius 1 is 1.00 bits per heavy atom. The third-order valence-electron chi connectivity index (χ3n) is 3.97. The van der Waals surface area contributed by atoms with E-state index in [9.17, 15) is 31.4 Å². The molecule has 0 bridgehead atoms. The number of nitrogens with zero attached hydrogens (tertiary/aromatic N) is 1. The minimum Gasteiger partial charge on any atom is -0.385 e. The van der Waals surface area contributed by atoms with Crippen LogP contribution in [0.1, 0.15) is 29.5 Å². The summed E-state index contributed by atoms with van der Waals surface area (Å²) in [5.74, 6) is 0. The van der Waals surface area contributed by atoms with Crippen molar-refractivity contribution in [3.63, 3.8) is 0 Å². The fourth-order valence-electron chi connectivity index (χ4n) is 2.62. The van der Waals surface area contributed by atoms with E-state index in [1.165, 1.54) is 0 Å². The molecule has 0 aliphatic carbocycles.